The Balaban J connectivity index is 1.31. The summed E-state index contributed by atoms with van der Waals surface area (Å²) in [4.78, 5) is 53.3. The predicted molar refractivity (Wildman–Crippen MR) is 143 cm³/mol. The summed E-state index contributed by atoms with van der Waals surface area (Å²) in [7, 11) is 0. The van der Waals surface area contributed by atoms with Gasteiger partial charge in [0.05, 0.1) is 12.3 Å². The van der Waals surface area contributed by atoms with Crippen LogP contribution in [0.25, 0.3) is 0 Å². The zero-order chi connectivity index (χ0) is 27.5. The number of esters is 1. The van der Waals surface area contributed by atoms with Gasteiger partial charge in [0.1, 0.15) is 12.2 Å². The molecular weight excluding hydrogens is 486 g/mol. The Morgan fingerprint density at radius 2 is 1.66 bits per heavy atom. The molecule has 0 unspecified atom stereocenters. The Hall–Kier alpha value is -3.10. The molecule has 9 heteroatoms. The summed E-state index contributed by atoms with van der Waals surface area (Å²) in [6, 6.07) is 9.46. The number of hydrogen-bond donors (Lipinski definition) is 1. The van der Waals surface area contributed by atoms with Crippen LogP contribution in [-0.2, 0) is 30.5 Å². The predicted octanol–water partition coefficient (Wildman–Crippen LogP) is 3.90. The number of likely N-dealkylation sites (tertiary alicyclic amines) is 2. The van der Waals surface area contributed by atoms with Gasteiger partial charge in [0.15, 0.2) is 0 Å². The summed E-state index contributed by atoms with van der Waals surface area (Å²) in [5.41, 5.74) is 0.417. The van der Waals surface area contributed by atoms with Crippen LogP contribution in [0.15, 0.2) is 30.3 Å². The lowest BCUT2D eigenvalue weighted by atomic mass is 9.91. The second kappa shape index (κ2) is 14.2. The van der Waals surface area contributed by atoms with Crippen LogP contribution in [0, 0.1) is 11.8 Å². The normalized spacial score (nSPS) is 18.6. The number of hydrogen-bond acceptors (Lipinski definition) is 6. The zero-order valence-corrected chi connectivity index (χ0v) is 23.1. The Kier molecular flexibility index (Phi) is 11.0. The van der Waals surface area contributed by atoms with Crippen molar-refractivity contribution in [3.05, 3.63) is 35.9 Å². The fourth-order valence-electron chi connectivity index (χ4n) is 4.88. The fraction of sp³-hybridized carbons (Fsp3) is 0.655. The standard InChI is InChI=1S/C29H43N3O6/c1-29(2,3)38-28(36)31-18-14-22(15-19-31)11-12-25(33)32-17-7-10-24(20-32)27(35)30-16-13-26(34)37-21-23-8-5-4-6-9-23/h4-6,8-9,22,24H,7,10-21H2,1-3H3,(H,30,35)/t24-/m1/s1. The summed E-state index contributed by atoms with van der Waals surface area (Å²) in [6.45, 7) is 8.42. The largest absolute Gasteiger partial charge is 0.461 e. The summed E-state index contributed by atoms with van der Waals surface area (Å²) in [5.74, 6) is -0.241. The van der Waals surface area contributed by atoms with Crippen molar-refractivity contribution in [3.8, 4) is 0 Å². The zero-order valence-electron chi connectivity index (χ0n) is 23.1. The number of piperidine rings is 2. The van der Waals surface area contributed by atoms with Gasteiger partial charge in [-0.3, -0.25) is 14.4 Å². The first kappa shape index (κ1) is 29.5. The minimum Gasteiger partial charge on any atom is -0.461 e. The van der Waals surface area contributed by atoms with Crippen LogP contribution in [-0.4, -0.2) is 72.0 Å². The number of ether oxygens (including phenoxy) is 2. The minimum atomic E-state index is -0.502. The summed E-state index contributed by atoms with van der Waals surface area (Å²) < 4.78 is 10.7. The molecule has 0 aliphatic carbocycles. The molecular formula is C29H43N3O6. The molecule has 0 aromatic heterocycles. The van der Waals surface area contributed by atoms with Crippen molar-refractivity contribution >= 4 is 23.9 Å². The number of nitrogens with one attached hydrogen (secondary N) is 1. The van der Waals surface area contributed by atoms with Gasteiger partial charge in [-0.1, -0.05) is 30.3 Å². The number of carbonyl (C=O) groups is 4. The van der Waals surface area contributed by atoms with Gasteiger partial charge in [-0.05, 0) is 64.4 Å². The molecule has 1 aromatic carbocycles. The third-order valence-electron chi connectivity index (χ3n) is 7.05. The second-order valence-corrected chi connectivity index (χ2v) is 11.3. The van der Waals surface area contributed by atoms with Gasteiger partial charge in [0.2, 0.25) is 11.8 Å². The Morgan fingerprint density at radius 1 is 0.947 bits per heavy atom. The average Bonchev–Trinajstić information content (AvgIpc) is 2.90. The Morgan fingerprint density at radius 3 is 2.34 bits per heavy atom. The minimum absolute atomic E-state index is 0.0848. The molecule has 210 valence electrons. The van der Waals surface area contributed by atoms with Gasteiger partial charge >= 0.3 is 12.1 Å². The topological polar surface area (TPSA) is 105 Å². The molecule has 38 heavy (non-hydrogen) atoms. The number of benzene rings is 1. The van der Waals surface area contributed by atoms with E-state index in [2.05, 4.69) is 5.32 Å². The van der Waals surface area contributed by atoms with Crippen molar-refractivity contribution in [1.29, 1.82) is 0 Å². The third-order valence-corrected chi connectivity index (χ3v) is 7.05. The molecule has 2 aliphatic heterocycles. The number of amides is 3. The van der Waals surface area contributed by atoms with E-state index in [1.807, 2.05) is 51.1 Å². The van der Waals surface area contributed by atoms with Crippen molar-refractivity contribution in [1.82, 2.24) is 15.1 Å². The van der Waals surface area contributed by atoms with Gasteiger partial charge in [-0.2, -0.15) is 0 Å². The van der Waals surface area contributed by atoms with E-state index in [9.17, 15) is 19.2 Å². The number of rotatable bonds is 9. The molecule has 3 rings (SSSR count). The van der Waals surface area contributed by atoms with Crippen molar-refractivity contribution in [2.75, 3.05) is 32.7 Å². The highest BCUT2D eigenvalue weighted by Crippen LogP contribution is 2.25. The van der Waals surface area contributed by atoms with Crippen LogP contribution in [0.2, 0.25) is 0 Å². The van der Waals surface area contributed by atoms with Crippen LogP contribution in [0.4, 0.5) is 4.79 Å². The van der Waals surface area contributed by atoms with E-state index >= 15 is 0 Å². The average molecular weight is 530 g/mol. The van der Waals surface area contributed by atoms with Crippen molar-refractivity contribution < 1.29 is 28.7 Å². The first-order valence-corrected chi connectivity index (χ1v) is 13.8. The van der Waals surface area contributed by atoms with Crippen LogP contribution in [0.3, 0.4) is 0 Å². The molecule has 1 aromatic rings. The highest BCUT2D eigenvalue weighted by Gasteiger charge is 2.30. The molecule has 0 saturated carbocycles. The lowest BCUT2D eigenvalue weighted by molar-refractivity contribution is -0.144. The lowest BCUT2D eigenvalue weighted by Crippen LogP contribution is -2.46. The van der Waals surface area contributed by atoms with Crippen LogP contribution < -0.4 is 5.32 Å². The maximum Gasteiger partial charge on any atom is 0.410 e. The molecule has 2 heterocycles. The molecule has 9 nitrogen and oxygen atoms in total. The molecule has 3 amide bonds. The van der Waals surface area contributed by atoms with Gasteiger partial charge < -0.3 is 24.6 Å². The van der Waals surface area contributed by atoms with Crippen molar-refractivity contribution in [2.24, 2.45) is 11.8 Å². The second-order valence-electron chi connectivity index (χ2n) is 11.3. The third kappa shape index (κ3) is 9.99. The van der Waals surface area contributed by atoms with E-state index in [0.29, 0.717) is 38.5 Å². The number of nitrogens with zero attached hydrogens (tertiary/aromatic N) is 2. The quantitative estimate of drug-likeness (QED) is 0.487. The van der Waals surface area contributed by atoms with Gasteiger partial charge in [-0.25, -0.2) is 4.79 Å². The molecule has 0 bridgehead atoms. The van der Waals surface area contributed by atoms with E-state index in [1.165, 1.54) is 0 Å². The Labute approximate surface area is 226 Å². The van der Waals surface area contributed by atoms with Gasteiger partial charge in [-0.15, -0.1) is 0 Å². The first-order chi connectivity index (χ1) is 18.1. The van der Waals surface area contributed by atoms with Crippen LogP contribution in [0.5, 0.6) is 0 Å². The summed E-state index contributed by atoms with van der Waals surface area (Å²) in [6.07, 6.45) is 4.35. The van der Waals surface area contributed by atoms with E-state index < -0.39 is 5.60 Å². The van der Waals surface area contributed by atoms with E-state index in [-0.39, 0.29) is 49.4 Å². The van der Waals surface area contributed by atoms with Crippen LogP contribution >= 0.6 is 0 Å². The monoisotopic (exact) mass is 529 g/mol. The fourth-order valence-corrected chi connectivity index (χ4v) is 4.88. The van der Waals surface area contributed by atoms with Crippen molar-refractivity contribution in [2.45, 2.75) is 77.9 Å². The number of carbonyl (C=O) groups excluding carboxylic acids is 4. The maximum atomic E-state index is 12.9. The van der Waals surface area contributed by atoms with E-state index in [4.69, 9.17) is 9.47 Å². The summed E-state index contributed by atoms with van der Waals surface area (Å²) in [5, 5.41) is 2.83. The first-order valence-electron chi connectivity index (χ1n) is 13.8. The maximum absolute atomic E-state index is 12.9. The molecule has 1 atom stereocenters. The van der Waals surface area contributed by atoms with Gasteiger partial charge in [0.25, 0.3) is 0 Å². The molecule has 0 spiro atoms. The van der Waals surface area contributed by atoms with Crippen molar-refractivity contribution in [3.63, 3.8) is 0 Å². The van der Waals surface area contributed by atoms with E-state index in [1.54, 1.807) is 9.80 Å². The molecule has 2 fully saturated rings. The smallest absolute Gasteiger partial charge is 0.410 e. The lowest BCUT2D eigenvalue weighted by Gasteiger charge is -2.34. The summed E-state index contributed by atoms with van der Waals surface area (Å²) >= 11 is 0. The highest BCUT2D eigenvalue weighted by molar-refractivity contribution is 5.81. The van der Waals surface area contributed by atoms with Crippen LogP contribution in [0.1, 0.15) is 71.3 Å². The molecule has 0 radical (unpaired) electrons. The Bertz CT molecular complexity index is 937. The molecule has 2 saturated heterocycles. The van der Waals surface area contributed by atoms with E-state index in [0.717, 1.165) is 37.7 Å². The van der Waals surface area contributed by atoms with Gasteiger partial charge in [0, 0.05) is 39.1 Å². The molecule has 1 N–H and O–H groups in total. The highest BCUT2D eigenvalue weighted by atomic mass is 16.6. The molecule has 2 aliphatic rings. The SMILES string of the molecule is CC(C)(C)OC(=O)N1CCC(CCC(=O)N2CCC[C@@H](C(=O)NCCC(=O)OCc3ccccc3)C2)CC1.